The second-order valence-corrected chi connectivity index (χ2v) is 8.27. The van der Waals surface area contributed by atoms with Gasteiger partial charge < -0.3 is 10.2 Å². The molecule has 0 radical (unpaired) electrons. The van der Waals surface area contributed by atoms with Crippen LogP contribution in [0.2, 0.25) is 0 Å². The third-order valence-electron chi connectivity index (χ3n) is 4.32. The summed E-state index contributed by atoms with van der Waals surface area (Å²) in [5, 5.41) is 2.59. The van der Waals surface area contributed by atoms with Gasteiger partial charge >= 0.3 is 0 Å². The van der Waals surface area contributed by atoms with Crippen molar-refractivity contribution in [3.8, 4) is 0 Å². The predicted molar refractivity (Wildman–Crippen MR) is 88.1 cm³/mol. The number of carbonyl (C=O) groups excluding carboxylic acids is 2. The van der Waals surface area contributed by atoms with Crippen LogP contribution in [0.25, 0.3) is 0 Å². The lowest BCUT2D eigenvalue weighted by Gasteiger charge is -2.23. The maximum atomic E-state index is 12.1. The zero-order valence-electron chi connectivity index (χ0n) is 13.6. The van der Waals surface area contributed by atoms with Crippen molar-refractivity contribution in [2.45, 2.75) is 26.3 Å². The summed E-state index contributed by atoms with van der Waals surface area (Å²) < 4.78 is 22.9. The molecule has 23 heavy (non-hydrogen) atoms. The number of likely N-dealkylation sites (N-methyl/N-ethyl adjacent to an activating group) is 1. The lowest BCUT2D eigenvalue weighted by molar-refractivity contribution is -0.130. The first-order valence-electron chi connectivity index (χ1n) is 7.51. The van der Waals surface area contributed by atoms with Crippen LogP contribution >= 0.6 is 0 Å². The smallest absolute Gasteiger partial charge is 0.251 e. The molecule has 0 spiro atoms. The Morgan fingerprint density at radius 3 is 2.52 bits per heavy atom. The molecule has 126 valence electrons. The molecule has 1 atom stereocenters. The average molecular weight is 338 g/mol. The highest BCUT2D eigenvalue weighted by molar-refractivity contribution is 7.91. The molecule has 0 saturated carbocycles. The minimum atomic E-state index is -3.04. The van der Waals surface area contributed by atoms with Crippen LogP contribution in [0.3, 0.4) is 0 Å². The summed E-state index contributed by atoms with van der Waals surface area (Å²) in [5.41, 5.74) is 2.61. The highest BCUT2D eigenvalue weighted by atomic mass is 32.2. The van der Waals surface area contributed by atoms with Gasteiger partial charge in [0.2, 0.25) is 5.91 Å². The molecule has 7 heteroatoms. The van der Waals surface area contributed by atoms with Crippen molar-refractivity contribution in [1.82, 2.24) is 10.2 Å². The molecule has 0 aromatic heterocycles. The van der Waals surface area contributed by atoms with Gasteiger partial charge in [-0.2, -0.15) is 0 Å². The molecule has 2 rings (SSSR count). The molecule has 1 saturated heterocycles. The SMILES string of the molecule is Cc1ccc(C(=O)NCC(=O)N(C)C2CCS(=O)(=O)C2)cc1C. The Kier molecular flexibility index (Phi) is 5.09. The van der Waals surface area contributed by atoms with Gasteiger partial charge in [-0.3, -0.25) is 9.59 Å². The number of rotatable bonds is 4. The Morgan fingerprint density at radius 1 is 1.26 bits per heavy atom. The summed E-state index contributed by atoms with van der Waals surface area (Å²) in [4.78, 5) is 25.6. The van der Waals surface area contributed by atoms with Crippen molar-refractivity contribution in [2.75, 3.05) is 25.1 Å². The third kappa shape index (κ3) is 4.31. The van der Waals surface area contributed by atoms with Crippen molar-refractivity contribution in [3.63, 3.8) is 0 Å². The van der Waals surface area contributed by atoms with Gasteiger partial charge in [0.25, 0.3) is 5.91 Å². The Labute approximate surface area is 136 Å². The second kappa shape index (κ2) is 6.70. The Bertz CT molecular complexity index is 728. The van der Waals surface area contributed by atoms with E-state index in [4.69, 9.17) is 0 Å². The Morgan fingerprint density at radius 2 is 1.96 bits per heavy atom. The number of nitrogens with zero attached hydrogens (tertiary/aromatic N) is 1. The van der Waals surface area contributed by atoms with Crippen LogP contribution in [-0.4, -0.2) is 56.3 Å². The Balaban J connectivity index is 1.91. The van der Waals surface area contributed by atoms with Gasteiger partial charge in [-0.1, -0.05) is 6.07 Å². The van der Waals surface area contributed by atoms with Gasteiger partial charge in [0.05, 0.1) is 18.1 Å². The number of carbonyl (C=O) groups is 2. The maximum absolute atomic E-state index is 12.1. The van der Waals surface area contributed by atoms with Crippen LogP contribution in [0.1, 0.15) is 27.9 Å². The summed E-state index contributed by atoms with van der Waals surface area (Å²) in [7, 11) is -1.46. The van der Waals surface area contributed by atoms with Gasteiger partial charge in [0, 0.05) is 18.7 Å². The summed E-state index contributed by atoms with van der Waals surface area (Å²) >= 11 is 0. The van der Waals surface area contributed by atoms with Gasteiger partial charge in [-0.25, -0.2) is 8.42 Å². The lowest BCUT2D eigenvalue weighted by Crippen LogP contribution is -2.43. The minimum Gasteiger partial charge on any atom is -0.343 e. The average Bonchev–Trinajstić information content (AvgIpc) is 2.86. The van der Waals surface area contributed by atoms with E-state index in [9.17, 15) is 18.0 Å². The molecular formula is C16H22N2O4S. The minimum absolute atomic E-state index is 0.000341. The van der Waals surface area contributed by atoms with Gasteiger partial charge in [0.15, 0.2) is 9.84 Å². The third-order valence-corrected chi connectivity index (χ3v) is 6.07. The van der Waals surface area contributed by atoms with Crippen molar-refractivity contribution in [3.05, 3.63) is 34.9 Å². The quantitative estimate of drug-likeness (QED) is 0.875. The topological polar surface area (TPSA) is 83.6 Å². The first-order chi connectivity index (χ1) is 10.7. The van der Waals surface area contributed by atoms with Crippen LogP contribution in [-0.2, 0) is 14.6 Å². The number of aryl methyl sites for hydroxylation is 2. The van der Waals surface area contributed by atoms with Crippen LogP contribution in [0, 0.1) is 13.8 Å². The zero-order valence-corrected chi connectivity index (χ0v) is 14.4. The molecule has 1 aromatic rings. The highest BCUT2D eigenvalue weighted by Gasteiger charge is 2.32. The monoisotopic (exact) mass is 338 g/mol. The van der Waals surface area contributed by atoms with E-state index in [0.29, 0.717) is 12.0 Å². The predicted octanol–water partition coefficient (Wildman–Crippen LogP) is 0.679. The van der Waals surface area contributed by atoms with E-state index >= 15 is 0 Å². The molecule has 1 aliphatic rings. The highest BCUT2D eigenvalue weighted by Crippen LogP contribution is 2.16. The van der Waals surface area contributed by atoms with Crippen LogP contribution in [0.15, 0.2) is 18.2 Å². The molecule has 1 aromatic carbocycles. The standard InChI is InChI=1S/C16H22N2O4S/c1-11-4-5-13(8-12(11)2)16(20)17-9-15(19)18(3)14-6-7-23(21,22)10-14/h4-5,8,14H,6-7,9-10H2,1-3H3,(H,17,20). The number of benzene rings is 1. The van der Waals surface area contributed by atoms with Crippen molar-refractivity contribution < 1.29 is 18.0 Å². The fourth-order valence-electron chi connectivity index (χ4n) is 2.55. The molecule has 1 heterocycles. The van der Waals surface area contributed by atoms with Gasteiger partial charge in [-0.05, 0) is 43.5 Å². The van der Waals surface area contributed by atoms with E-state index in [0.717, 1.165) is 11.1 Å². The van der Waals surface area contributed by atoms with E-state index in [1.165, 1.54) is 4.90 Å². The molecule has 2 amide bonds. The first kappa shape index (κ1) is 17.5. The van der Waals surface area contributed by atoms with Crippen LogP contribution in [0.4, 0.5) is 0 Å². The molecular weight excluding hydrogens is 316 g/mol. The second-order valence-electron chi connectivity index (χ2n) is 6.04. The first-order valence-corrected chi connectivity index (χ1v) is 9.33. The summed E-state index contributed by atoms with van der Waals surface area (Å²) in [6, 6.07) is 5.06. The molecule has 1 aliphatic heterocycles. The molecule has 1 unspecified atom stereocenters. The van der Waals surface area contributed by atoms with Crippen LogP contribution < -0.4 is 5.32 Å². The number of hydrogen-bond acceptors (Lipinski definition) is 4. The number of hydrogen-bond donors (Lipinski definition) is 1. The zero-order chi connectivity index (χ0) is 17.2. The van der Waals surface area contributed by atoms with Crippen molar-refractivity contribution >= 4 is 21.7 Å². The maximum Gasteiger partial charge on any atom is 0.251 e. The number of nitrogens with one attached hydrogen (secondary N) is 1. The lowest BCUT2D eigenvalue weighted by atomic mass is 10.1. The summed E-state index contributed by atoms with van der Waals surface area (Å²) in [6.07, 6.45) is 0.454. The van der Waals surface area contributed by atoms with Crippen molar-refractivity contribution in [1.29, 1.82) is 0 Å². The summed E-state index contributed by atoms with van der Waals surface area (Å²) in [5.74, 6) is -0.483. The summed E-state index contributed by atoms with van der Waals surface area (Å²) in [6.45, 7) is 3.75. The van der Waals surface area contributed by atoms with Crippen LogP contribution in [0.5, 0.6) is 0 Å². The molecule has 6 nitrogen and oxygen atoms in total. The molecule has 0 bridgehead atoms. The van der Waals surface area contributed by atoms with E-state index in [1.54, 1.807) is 19.2 Å². The normalized spacial score (nSPS) is 19.3. The fourth-order valence-corrected chi connectivity index (χ4v) is 4.32. The van der Waals surface area contributed by atoms with Gasteiger partial charge in [0.1, 0.15) is 0 Å². The molecule has 1 fully saturated rings. The Hall–Kier alpha value is -1.89. The number of sulfone groups is 1. The largest absolute Gasteiger partial charge is 0.343 e. The van der Waals surface area contributed by atoms with Crippen molar-refractivity contribution in [2.24, 2.45) is 0 Å². The van der Waals surface area contributed by atoms with E-state index < -0.39 is 9.84 Å². The fraction of sp³-hybridized carbons (Fsp3) is 0.500. The number of amides is 2. The molecule has 1 N–H and O–H groups in total. The van der Waals surface area contributed by atoms with E-state index in [1.807, 2.05) is 19.9 Å². The molecule has 0 aliphatic carbocycles. The van der Waals surface area contributed by atoms with E-state index in [-0.39, 0.29) is 35.9 Å². The van der Waals surface area contributed by atoms with E-state index in [2.05, 4.69) is 5.32 Å². The van der Waals surface area contributed by atoms with Gasteiger partial charge in [-0.15, -0.1) is 0 Å².